The average Bonchev–Trinajstić information content (AvgIpc) is 3.99. The van der Waals surface area contributed by atoms with Crippen LogP contribution in [-0.4, -0.2) is 70.2 Å². The molecule has 6 aromatic rings. The average molecular weight is 826 g/mol. The molecule has 1 aliphatic rings. The molecular formula is C34H28Br2F2N8O5. The number of carbonyl (C=O) groups is 3. The second-order valence-electron chi connectivity index (χ2n) is 10.8. The predicted octanol–water partition coefficient (Wildman–Crippen LogP) is 6.30. The summed E-state index contributed by atoms with van der Waals surface area (Å²) in [7, 11) is 0. The smallest absolute Gasteiger partial charge is 0.215 e. The van der Waals surface area contributed by atoms with Gasteiger partial charge < -0.3 is 9.47 Å². The molecule has 0 amide bonds. The number of aryl methyl sites for hydroxylation is 2. The summed E-state index contributed by atoms with van der Waals surface area (Å²) in [6.45, 7) is 5.93. The summed E-state index contributed by atoms with van der Waals surface area (Å²) in [6.07, 6.45) is 5.79. The van der Waals surface area contributed by atoms with Crippen molar-refractivity contribution in [3.05, 3.63) is 128 Å². The van der Waals surface area contributed by atoms with E-state index in [1.54, 1.807) is 21.5 Å². The van der Waals surface area contributed by atoms with Gasteiger partial charge in [0.15, 0.2) is 12.6 Å². The van der Waals surface area contributed by atoms with E-state index in [9.17, 15) is 23.2 Å². The first-order chi connectivity index (χ1) is 24.7. The summed E-state index contributed by atoms with van der Waals surface area (Å²) in [5.74, 6) is -1.50. The van der Waals surface area contributed by atoms with Crippen LogP contribution in [0.4, 0.5) is 8.78 Å². The molecule has 13 nitrogen and oxygen atoms in total. The van der Waals surface area contributed by atoms with Crippen LogP contribution in [0.5, 0.6) is 0 Å². The molecule has 0 aliphatic carbocycles. The maximum absolute atomic E-state index is 13.8. The zero-order valence-electron chi connectivity index (χ0n) is 27.0. The third-order valence-electron chi connectivity index (χ3n) is 7.83. The number of benzene rings is 2. The molecule has 0 radical (unpaired) electrons. The summed E-state index contributed by atoms with van der Waals surface area (Å²) in [4.78, 5) is 37.1. The standard InChI is InChI=1S/C18H16BrFN4O3.C16H12BrFN4O2/c1-2-23-17(19)13(10-22-23)16(25)15-5-6-21-24(15)14-4-3-11(20)9-12(14)18-26-7-8-27-18;1-2-21-16(17)12(8-20-21)15(24)14-5-6-19-22(14)13-4-3-11(18)7-10(13)9-23/h3-6,9-10,18H,2,7-8H2,1H3;3-9H,2H2,1H3. The van der Waals surface area contributed by atoms with Crippen molar-refractivity contribution < 1.29 is 32.6 Å². The first-order valence-corrected chi connectivity index (χ1v) is 17.1. The van der Waals surface area contributed by atoms with E-state index in [1.165, 1.54) is 64.5 Å². The fraction of sp³-hybridized carbons (Fsp3) is 0.206. The fourth-order valence-electron chi connectivity index (χ4n) is 5.35. The zero-order valence-corrected chi connectivity index (χ0v) is 30.2. The minimum absolute atomic E-state index is 0.107. The molecule has 0 N–H and O–H groups in total. The largest absolute Gasteiger partial charge is 0.346 e. The lowest BCUT2D eigenvalue weighted by Gasteiger charge is -2.16. The van der Waals surface area contributed by atoms with Crippen molar-refractivity contribution >= 4 is 49.7 Å². The van der Waals surface area contributed by atoms with Crippen molar-refractivity contribution in [2.24, 2.45) is 0 Å². The normalized spacial score (nSPS) is 12.9. The Kier molecular flexibility index (Phi) is 10.9. The van der Waals surface area contributed by atoms with Gasteiger partial charge in [-0.15, -0.1) is 0 Å². The van der Waals surface area contributed by atoms with Gasteiger partial charge in [0.2, 0.25) is 11.6 Å². The van der Waals surface area contributed by atoms with E-state index in [0.29, 0.717) is 75.6 Å². The van der Waals surface area contributed by atoms with Crippen LogP contribution in [0.3, 0.4) is 0 Å². The minimum atomic E-state index is -0.697. The Morgan fingerprint density at radius 2 is 1.25 bits per heavy atom. The van der Waals surface area contributed by atoms with E-state index in [1.807, 2.05) is 13.8 Å². The quantitative estimate of drug-likeness (QED) is 0.115. The molecule has 0 unspecified atom stereocenters. The number of nitrogens with zero attached hydrogens (tertiary/aromatic N) is 8. The molecule has 5 heterocycles. The lowest BCUT2D eigenvalue weighted by atomic mass is 10.1. The van der Waals surface area contributed by atoms with Crippen LogP contribution in [0.15, 0.2) is 82.5 Å². The molecule has 1 saturated heterocycles. The Morgan fingerprint density at radius 3 is 1.75 bits per heavy atom. The third kappa shape index (κ3) is 7.14. The van der Waals surface area contributed by atoms with Gasteiger partial charge in [0.1, 0.15) is 32.2 Å². The van der Waals surface area contributed by atoms with E-state index in [-0.39, 0.29) is 22.8 Å². The van der Waals surface area contributed by atoms with Crippen LogP contribution in [0.2, 0.25) is 0 Å². The Hall–Kier alpha value is -4.97. The number of ketones is 2. The number of halogens is 4. The van der Waals surface area contributed by atoms with E-state index >= 15 is 0 Å². The fourth-order valence-corrected chi connectivity index (χ4v) is 6.60. The summed E-state index contributed by atoms with van der Waals surface area (Å²) >= 11 is 6.78. The van der Waals surface area contributed by atoms with E-state index in [2.05, 4.69) is 52.3 Å². The summed E-state index contributed by atoms with van der Waals surface area (Å²) in [6, 6.07) is 11.1. The molecule has 262 valence electrons. The van der Waals surface area contributed by atoms with Crippen LogP contribution in [0.25, 0.3) is 11.4 Å². The topological polar surface area (TPSA) is 141 Å². The van der Waals surface area contributed by atoms with Gasteiger partial charge in [0.25, 0.3) is 0 Å². The van der Waals surface area contributed by atoms with Gasteiger partial charge in [0, 0.05) is 24.2 Å². The number of rotatable bonds is 10. The van der Waals surface area contributed by atoms with Crippen LogP contribution < -0.4 is 0 Å². The van der Waals surface area contributed by atoms with Gasteiger partial charge in [-0.05, 0) is 94.2 Å². The molecule has 0 saturated carbocycles. The van der Waals surface area contributed by atoms with Gasteiger partial charge in [-0.3, -0.25) is 23.7 Å². The van der Waals surface area contributed by atoms with Gasteiger partial charge in [-0.1, -0.05) is 0 Å². The molecule has 7 rings (SSSR count). The Bertz CT molecular complexity index is 2240. The number of aromatic nitrogens is 8. The van der Waals surface area contributed by atoms with Crippen LogP contribution >= 0.6 is 31.9 Å². The third-order valence-corrected chi connectivity index (χ3v) is 9.50. The second-order valence-corrected chi connectivity index (χ2v) is 12.3. The minimum Gasteiger partial charge on any atom is -0.346 e. The van der Waals surface area contributed by atoms with Crippen molar-refractivity contribution in [2.75, 3.05) is 13.2 Å². The molecule has 51 heavy (non-hydrogen) atoms. The molecule has 17 heteroatoms. The summed E-state index contributed by atoms with van der Waals surface area (Å²) < 4.78 is 45.5. The number of carbonyl (C=O) groups excluding carboxylic acids is 3. The van der Waals surface area contributed by atoms with Gasteiger partial charge in [-0.25, -0.2) is 18.1 Å². The van der Waals surface area contributed by atoms with E-state index < -0.39 is 17.9 Å². The number of hydrogen-bond donors (Lipinski definition) is 0. The molecule has 0 atom stereocenters. The highest BCUT2D eigenvalue weighted by Crippen LogP contribution is 2.31. The van der Waals surface area contributed by atoms with Crippen LogP contribution in [0.1, 0.15) is 68.2 Å². The first-order valence-electron chi connectivity index (χ1n) is 15.5. The maximum Gasteiger partial charge on any atom is 0.215 e. The Balaban J connectivity index is 0.000000177. The van der Waals surface area contributed by atoms with Crippen molar-refractivity contribution in [2.45, 2.75) is 33.2 Å². The highest BCUT2D eigenvalue weighted by atomic mass is 79.9. The van der Waals surface area contributed by atoms with Gasteiger partial charge >= 0.3 is 0 Å². The van der Waals surface area contributed by atoms with Crippen molar-refractivity contribution in [1.29, 1.82) is 0 Å². The summed E-state index contributed by atoms with van der Waals surface area (Å²) in [5, 5.41) is 16.7. The molecule has 1 aliphatic heterocycles. The van der Waals surface area contributed by atoms with Gasteiger partial charge in [-0.2, -0.15) is 20.4 Å². The summed E-state index contributed by atoms with van der Waals surface area (Å²) in [5.41, 5.74) is 2.83. The first kappa shape index (κ1) is 35.8. The lowest BCUT2D eigenvalue weighted by Crippen LogP contribution is -2.14. The maximum atomic E-state index is 13.8. The second kappa shape index (κ2) is 15.5. The number of hydrogen-bond acceptors (Lipinski definition) is 9. The molecule has 0 bridgehead atoms. The molecule has 1 fully saturated rings. The van der Waals surface area contributed by atoms with Gasteiger partial charge in [0.05, 0.1) is 60.5 Å². The Morgan fingerprint density at radius 1 is 0.765 bits per heavy atom. The molecular weight excluding hydrogens is 798 g/mol. The number of ether oxygens (including phenoxy) is 2. The van der Waals surface area contributed by atoms with Crippen LogP contribution in [-0.2, 0) is 22.6 Å². The van der Waals surface area contributed by atoms with Crippen LogP contribution in [0, 0.1) is 11.6 Å². The Labute approximate surface area is 306 Å². The van der Waals surface area contributed by atoms with Crippen molar-refractivity contribution in [3.63, 3.8) is 0 Å². The highest BCUT2D eigenvalue weighted by molar-refractivity contribution is 9.10. The van der Waals surface area contributed by atoms with Crippen molar-refractivity contribution in [3.8, 4) is 11.4 Å². The lowest BCUT2D eigenvalue weighted by molar-refractivity contribution is -0.0443. The molecule has 0 spiro atoms. The predicted molar refractivity (Wildman–Crippen MR) is 185 cm³/mol. The molecule has 4 aromatic heterocycles. The monoisotopic (exact) mass is 824 g/mol. The highest BCUT2D eigenvalue weighted by Gasteiger charge is 2.27. The molecule has 2 aromatic carbocycles. The SMILES string of the molecule is CCn1ncc(C(=O)c2ccnn2-c2ccc(F)cc2C2OCCO2)c1Br.CCn1ncc(C(=O)c2ccnn2-c2ccc(F)cc2C=O)c1Br. The van der Waals surface area contributed by atoms with E-state index in [4.69, 9.17) is 9.47 Å². The number of aldehydes is 1. The van der Waals surface area contributed by atoms with Crippen molar-refractivity contribution in [1.82, 2.24) is 39.1 Å². The zero-order chi connectivity index (χ0) is 36.2. The van der Waals surface area contributed by atoms with E-state index in [0.717, 1.165) is 6.07 Å².